The summed E-state index contributed by atoms with van der Waals surface area (Å²) in [6.45, 7) is 4.23. The fraction of sp³-hybridized carbons (Fsp3) is 0.391. The summed E-state index contributed by atoms with van der Waals surface area (Å²) in [6, 6.07) is 11.9. The lowest BCUT2D eigenvalue weighted by molar-refractivity contribution is -0.140. The van der Waals surface area contributed by atoms with Gasteiger partial charge in [0, 0.05) is 30.5 Å². The van der Waals surface area contributed by atoms with Gasteiger partial charge in [-0.05, 0) is 62.2 Å². The minimum atomic E-state index is -3.62. The number of hydrogen-bond donors (Lipinski definition) is 1. The smallest absolute Gasteiger partial charge is 0.242 e. The highest BCUT2D eigenvalue weighted by Crippen LogP contribution is 2.20. The van der Waals surface area contributed by atoms with E-state index in [1.54, 1.807) is 13.8 Å². The Hall–Kier alpha value is -2.46. The number of anilines is 1. The second-order valence-corrected chi connectivity index (χ2v) is 10.5. The second kappa shape index (κ2) is 12.1. The molecule has 2 aromatic carbocycles. The van der Waals surface area contributed by atoms with E-state index < -0.39 is 21.9 Å². The largest absolute Gasteiger partial charge is 0.355 e. The molecule has 1 N–H and O–H groups in total. The molecule has 0 aliphatic rings. The van der Waals surface area contributed by atoms with Crippen LogP contribution in [0.4, 0.5) is 10.1 Å². The van der Waals surface area contributed by atoms with Crippen molar-refractivity contribution < 1.29 is 22.4 Å². The molecule has 0 radical (unpaired) electrons. The monoisotopic (exact) mass is 541 g/mol. The average molecular weight is 542 g/mol. The van der Waals surface area contributed by atoms with Crippen LogP contribution in [-0.4, -0.2) is 50.5 Å². The Labute approximate surface area is 203 Å². The van der Waals surface area contributed by atoms with Crippen molar-refractivity contribution in [2.45, 2.75) is 39.3 Å². The molecule has 2 amide bonds. The number of nitrogens with zero attached hydrogens (tertiary/aromatic N) is 2. The zero-order valence-electron chi connectivity index (χ0n) is 18.9. The van der Waals surface area contributed by atoms with Gasteiger partial charge in [-0.25, -0.2) is 12.8 Å². The summed E-state index contributed by atoms with van der Waals surface area (Å²) in [5.74, 6) is -0.985. The first-order chi connectivity index (χ1) is 15.5. The standard InChI is InChI=1S/C23H29BrFN3O4S/c1-4-26-23(30)17(2)27(16-18-7-9-19(24)10-8-18)22(29)6-5-15-28(33(3,31)32)21-13-11-20(25)12-14-21/h7-14,17H,4-6,15-16H2,1-3H3,(H,26,30). The second-order valence-electron chi connectivity index (χ2n) is 7.63. The van der Waals surface area contributed by atoms with E-state index >= 15 is 0 Å². The van der Waals surface area contributed by atoms with E-state index in [1.807, 2.05) is 24.3 Å². The maximum Gasteiger partial charge on any atom is 0.242 e. The lowest BCUT2D eigenvalue weighted by Crippen LogP contribution is -2.47. The number of halogens is 2. The number of carbonyl (C=O) groups excluding carboxylic acids is 2. The van der Waals surface area contributed by atoms with Crippen molar-refractivity contribution in [3.8, 4) is 0 Å². The van der Waals surface area contributed by atoms with Gasteiger partial charge in [0.1, 0.15) is 11.9 Å². The third kappa shape index (κ3) is 8.12. The summed E-state index contributed by atoms with van der Waals surface area (Å²) < 4.78 is 39.8. The molecule has 2 aromatic rings. The Morgan fingerprint density at radius 1 is 1.09 bits per heavy atom. The van der Waals surface area contributed by atoms with Gasteiger partial charge in [-0.3, -0.25) is 13.9 Å². The van der Waals surface area contributed by atoms with Gasteiger partial charge in [0.15, 0.2) is 0 Å². The van der Waals surface area contributed by atoms with Crippen LogP contribution in [-0.2, 0) is 26.2 Å². The Kier molecular flexibility index (Phi) is 9.85. The fourth-order valence-electron chi connectivity index (χ4n) is 3.30. The minimum absolute atomic E-state index is 0.0491. The number of sulfonamides is 1. The predicted octanol–water partition coefficient (Wildman–Crippen LogP) is 3.69. The van der Waals surface area contributed by atoms with E-state index in [0.29, 0.717) is 12.2 Å². The number of rotatable bonds is 11. The first-order valence-electron chi connectivity index (χ1n) is 10.6. The number of hydrogen-bond acceptors (Lipinski definition) is 4. The molecule has 1 atom stereocenters. The lowest BCUT2D eigenvalue weighted by Gasteiger charge is -2.29. The summed E-state index contributed by atoms with van der Waals surface area (Å²) in [5, 5.41) is 2.74. The summed E-state index contributed by atoms with van der Waals surface area (Å²) >= 11 is 3.38. The molecule has 33 heavy (non-hydrogen) atoms. The SMILES string of the molecule is CCNC(=O)C(C)N(Cc1ccc(Br)cc1)C(=O)CCCN(c1ccc(F)cc1)S(C)(=O)=O. The van der Waals surface area contributed by atoms with Gasteiger partial charge in [0.05, 0.1) is 11.9 Å². The highest BCUT2D eigenvalue weighted by Gasteiger charge is 2.26. The van der Waals surface area contributed by atoms with E-state index in [0.717, 1.165) is 20.6 Å². The van der Waals surface area contributed by atoms with Gasteiger partial charge in [-0.2, -0.15) is 0 Å². The first-order valence-corrected chi connectivity index (χ1v) is 13.2. The van der Waals surface area contributed by atoms with Crippen molar-refractivity contribution in [2.75, 3.05) is 23.7 Å². The van der Waals surface area contributed by atoms with Crippen LogP contribution >= 0.6 is 15.9 Å². The van der Waals surface area contributed by atoms with Crippen LogP contribution in [0.1, 0.15) is 32.3 Å². The molecule has 0 saturated heterocycles. The zero-order chi connectivity index (χ0) is 24.6. The van der Waals surface area contributed by atoms with Crippen LogP contribution in [0.25, 0.3) is 0 Å². The molecule has 0 aliphatic heterocycles. The number of amides is 2. The lowest BCUT2D eigenvalue weighted by atomic mass is 10.1. The van der Waals surface area contributed by atoms with Crippen LogP contribution in [0.3, 0.4) is 0 Å². The molecule has 7 nitrogen and oxygen atoms in total. The Bertz CT molecular complexity index is 1050. The fourth-order valence-corrected chi connectivity index (χ4v) is 4.53. The number of nitrogens with one attached hydrogen (secondary N) is 1. The molecule has 0 heterocycles. The van der Waals surface area contributed by atoms with E-state index in [-0.39, 0.29) is 37.7 Å². The van der Waals surface area contributed by atoms with Crippen molar-refractivity contribution in [1.82, 2.24) is 10.2 Å². The van der Waals surface area contributed by atoms with E-state index in [2.05, 4.69) is 21.2 Å². The van der Waals surface area contributed by atoms with Gasteiger partial charge >= 0.3 is 0 Å². The average Bonchev–Trinajstić information content (AvgIpc) is 2.76. The molecule has 0 spiro atoms. The van der Waals surface area contributed by atoms with Gasteiger partial charge < -0.3 is 10.2 Å². The topological polar surface area (TPSA) is 86.8 Å². The number of carbonyl (C=O) groups is 2. The molecule has 1 unspecified atom stereocenters. The number of likely N-dealkylation sites (N-methyl/N-ethyl adjacent to an activating group) is 1. The van der Waals surface area contributed by atoms with Crippen molar-refractivity contribution in [2.24, 2.45) is 0 Å². The zero-order valence-corrected chi connectivity index (χ0v) is 21.3. The van der Waals surface area contributed by atoms with Crippen LogP contribution in [0.5, 0.6) is 0 Å². The van der Waals surface area contributed by atoms with Crippen LogP contribution in [0.15, 0.2) is 53.0 Å². The summed E-state index contributed by atoms with van der Waals surface area (Å²) in [7, 11) is -3.62. The molecule has 180 valence electrons. The molecule has 0 saturated carbocycles. The minimum Gasteiger partial charge on any atom is -0.355 e. The Balaban J connectivity index is 2.13. The highest BCUT2D eigenvalue weighted by molar-refractivity contribution is 9.10. The predicted molar refractivity (Wildman–Crippen MR) is 131 cm³/mol. The van der Waals surface area contributed by atoms with Crippen molar-refractivity contribution in [3.05, 3.63) is 64.4 Å². The summed E-state index contributed by atoms with van der Waals surface area (Å²) in [4.78, 5) is 27.0. The van der Waals surface area contributed by atoms with Gasteiger partial charge in [0.25, 0.3) is 0 Å². The molecule has 2 rings (SSSR count). The molecule has 0 bridgehead atoms. The van der Waals surface area contributed by atoms with Crippen molar-refractivity contribution >= 4 is 43.5 Å². The molecule has 10 heteroatoms. The molecular weight excluding hydrogens is 513 g/mol. The molecular formula is C23H29BrFN3O4S. The van der Waals surface area contributed by atoms with Gasteiger partial charge in [-0.1, -0.05) is 28.1 Å². The van der Waals surface area contributed by atoms with Crippen molar-refractivity contribution in [3.63, 3.8) is 0 Å². The Morgan fingerprint density at radius 2 is 1.70 bits per heavy atom. The molecule has 0 aromatic heterocycles. The van der Waals surface area contributed by atoms with Gasteiger partial charge in [-0.15, -0.1) is 0 Å². The van der Waals surface area contributed by atoms with E-state index in [1.165, 1.54) is 29.2 Å². The Morgan fingerprint density at radius 3 is 2.24 bits per heavy atom. The first kappa shape index (κ1) is 26.8. The molecule has 0 aliphatic carbocycles. The quantitative estimate of drug-likeness (QED) is 0.470. The van der Waals surface area contributed by atoms with Crippen LogP contribution in [0.2, 0.25) is 0 Å². The maximum atomic E-state index is 13.2. The summed E-state index contributed by atoms with van der Waals surface area (Å²) in [5.41, 5.74) is 1.19. The van der Waals surface area contributed by atoms with E-state index in [9.17, 15) is 22.4 Å². The van der Waals surface area contributed by atoms with Crippen LogP contribution < -0.4 is 9.62 Å². The summed E-state index contributed by atoms with van der Waals surface area (Å²) in [6.07, 6.45) is 1.35. The van der Waals surface area contributed by atoms with Crippen molar-refractivity contribution in [1.29, 1.82) is 0 Å². The van der Waals surface area contributed by atoms with Crippen LogP contribution in [0, 0.1) is 5.82 Å². The third-order valence-corrected chi connectivity index (χ3v) is 6.77. The maximum absolute atomic E-state index is 13.2. The third-order valence-electron chi connectivity index (χ3n) is 5.05. The highest BCUT2D eigenvalue weighted by atomic mass is 79.9. The van der Waals surface area contributed by atoms with Gasteiger partial charge in [0.2, 0.25) is 21.8 Å². The number of benzene rings is 2. The molecule has 0 fully saturated rings. The normalized spacial score (nSPS) is 12.2. The van der Waals surface area contributed by atoms with E-state index in [4.69, 9.17) is 0 Å².